The maximum Gasteiger partial charge on any atom is 0.325 e. The van der Waals surface area contributed by atoms with Crippen LogP contribution in [0.5, 0.6) is 11.5 Å². The number of ether oxygens (including phenoxy) is 2. The van der Waals surface area contributed by atoms with Gasteiger partial charge in [0.1, 0.15) is 11.5 Å². The lowest BCUT2D eigenvalue weighted by atomic mass is 9.82. The van der Waals surface area contributed by atoms with Gasteiger partial charge in [-0.2, -0.15) is 0 Å². The second-order valence-electron chi connectivity index (χ2n) is 9.77. The molecule has 0 aliphatic carbocycles. The summed E-state index contributed by atoms with van der Waals surface area (Å²) < 4.78 is 13.5. The third kappa shape index (κ3) is 3.49. The molecule has 0 saturated carbocycles. The van der Waals surface area contributed by atoms with Crippen molar-refractivity contribution in [3.05, 3.63) is 59.1 Å². The Hall–Kier alpha value is -2.93. The Kier molecular flexibility index (Phi) is 5.84. The molecule has 34 heavy (non-hydrogen) atoms. The molecule has 1 aromatic heterocycles. The molecule has 2 amide bonds. The van der Waals surface area contributed by atoms with Crippen LogP contribution in [0.2, 0.25) is 0 Å². The molecule has 0 radical (unpaired) electrons. The Labute approximate surface area is 202 Å². The number of allylic oxidation sites excluding steroid dienone is 1. The molecule has 2 aromatic rings. The van der Waals surface area contributed by atoms with E-state index in [1.54, 1.807) is 14.2 Å². The van der Waals surface area contributed by atoms with E-state index in [9.17, 15) is 4.79 Å². The summed E-state index contributed by atoms with van der Waals surface area (Å²) >= 11 is 0. The summed E-state index contributed by atoms with van der Waals surface area (Å²) in [4.78, 5) is 20.4. The van der Waals surface area contributed by atoms with E-state index >= 15 is 0 Å². The zero-order valence-corrected chi connectivity index (χ0v) is 21.0. The van der Waals surface area contributed by atoms with E-state index in [-0.39, 0.29) is 17.5 Å². The maximum atomic E-state index is 13.7. The number of carbonyl (C=O) groups excluding carboxylic acids is 1. The fourth-order valence-corrected chi connectivity index (χ4v) is 6.24. The molecule has 0 N–H and O–H groups in total. The van der Waals surface area contributed by atoms with Gasteiger partial charge in [-0.25, -0.2) is 4.79 Å². The minimum absolute atomic E-state index is 0.117. The third-order valence-electron chi connectivity index (χ3n) is 8.03. The molecule has 3 aliphatic heterocycles. The van der Waals surface area contributed by atoms with Crippen molar-refractivity contribution in [2.75, 3.05) is 33.9 Å². The summed E-state index contributed by atoms with van der Waals surface area (Å²) in [6.45, 7) is 8.46. The highest BCUT2D eigenvalue weighted by Gasteiger charge is 2.54. The van der Waals surface area contributed by atoms with Gasteiger partial charge in [-0.05, 0) is 43.5 Å². The highest BCUT2D eigenvalue weighted by atomic mass is 16.5. The van der Waals surface area contributed by atoms with Gasteiger partial charge in [0.05, 0.1) is 26.3 Å². The Morgan fingerprint density at radius 3 is 2.53 bits per heavy atom. The van der Waals surface area contributed by atoms with E-state index in [1.807, 2.05) is 11.0 Å². The molecule has 1 unspecified atom stereocenters. The summed E-state index contributed by atoms with van der Waals surface area (Å²) in [6, 6.07) is 8.42. The molecule has 1 spiro atoms. The molecule has 5 rings (SSSR count). The second kappa shape index (κ2) is 8.69. The normalized spacial score (nSPS) is 21.9. The second-order valence-corrected chi connectivity index (χ2v) is 9.77. The maximum absolute atomic E-state index is 13.7. The van der Waals surface area contributed by atoms with Crippen molar-refractivity contribution < 1.29 is 14.3 Å². The molecular formula is C27H36N4O3. The molecule has 1 atom stereocenters. The van der Waals surface area contributed by atoms with Crippen LogP contribution >= 0.6 is 0 Å². The SMILES string of the molecule is CCN1C(=O)N2Cc3cc(OC)cc(OC)c3C(C)C=C2C12CCN(Cc1cccn1C)CC2. The van der Waals surface area contributed by atoms with Crippen molar-refractivity contribution in [1.29, 1.82) is 0 Å². The van der Waals surface area contributed by atoms with E-state index in [2.05, 4.69) is 65.7 Å². The van der Waals surface area contributed by atoms with E-state index in [0.717, 1.165) is 55.1 Å². The smallest absolute Gasteiger partial charge is 0.325 e. The first-order chi connectivity index (χ1) is 16.4. The molecule has 3 aliphatic rings. The van der Waals surface area contributed by atoms with Gasteiger partial charge >= 0.3 is 6.03 Å². The Morgan fingerprint density at radius 1 is 1.15 bits per heavy atom. The Bertz CT molecular complexity index is 1110. The molecule has 7 nitrogen and oxygen atoms in total. The fourth-order valence-electron chi connectivity index (χ4n) is 6.24. The number of rotatable bonds is 5. The third-order valence-corrected chi connectivity index (χ3v) is 8.03. The van der Waals surface area contributed by atoms with Crippen LogP contribution in [0.1, 0.15) is 49.4 Å². The van der Waals surface area contributed by atoms with Gasteiger partial charge in [-0.3, -0.25) is 9.80 Å². The molecule has 7 heteroatoms. The number of likely N-dealkylation sites (tertiary alicyclic amines) is 1. The fraction of sp³-hybridized carbons (Fsp3) is 0.519. The van der Waals surface area contributed by atoms with Crippen LogP contribution in [-0.4, -0.2) is 64.7 Å². The van der Waals surface area contributed by atoms with Crippen molar-refractivity contribution in [2.24, 2.45) is 7.05 Å². The molecule has 1 aromatic carbocycles. The van der Waals surface area contributed by atoms with Crippen molar-refractivity contribution >= 4 is 6.03 Å². The number of carbonyl (C=O) groups is 1. The molecule has 2 saturated heterocycles. The number of methoxy groups -OCH3 is 2. The van der Waals surface area contributed by atoms with Gasteiger partial charge in [-0.1, -0.05) is 13.0 Å². The quantitative estimate of drug-likeness (QED) is 0.661. The predicted molar refractivity (Wildman–Crippen MR) is 132 cm³/mol. The number of fused-ring (bicyclic) bond motifs is 3. The average Bonchev–Trinajstić information content (AvgIpc) is 3.27. The first-order valence-corrected chi connectivity index (χ1v) is 12.3. The number of amides is 2. The monoisotopic (exact) mass is 464 g/mol. The number of hydrogen-bond acceptors (Lipinski definition) is 4. The molecule has 0 bridgehead atoms. The van der Waals surface area contributed by atoms with Crippen LogP contribution in [0.25, 0.3) is 0 Å². The van der Waals surface area contributed by atoms with Crippen LogP contribution in [-0.2, 0) is 20.1 Å². The predicted octanol–water partition coefficient (Wildman–Crippen LogP) is 4.34. The Morgan fingerprint density at radius 2 is 1.91 bits per heavy atom. The van der Waals surface area contributed by atoms with Crippen LogP contribution in [0.15, 0.2) is 42.2 Å². The van der Waals surface area contributed by atoms with E-state index in [4.69, 9.17) is 9.47 Å². The summed E-state index contributed by atoms with van der Waals surface area (Å²) in [5.41, 5.74) is 4.49. The van der Waals surface area contributed by atoms with Crippen molar-refractivity contribution in [3.63, 3.8) is 0 Å². The number of piperidine rings is 1. The van der Waals surface area contributed by atoms with Crippen LogP contribution < -0.4 is 9.47 Å². The van der Waals surface area contributed by atoms with E-state index < -0.39 is 0 Å². The summed E-state index contributed by atoms with van der Waals surface area (Å²) in [6.07, 6.45) is 6.32. The summed E-state index contributed by atoms with van der Waals surface area (Å²) in [5.74, 6) is 1.72. The van der Waals surface area contributed by atoms with Gasteiger partial charge in [0.25, 0.3) is 0 Å². The van der Waals surface area contributed by atoms with Crippen LogP contribution in [0.4, 0.5) is 4.79 Å². The van der Waals surface area contributed by atoms with Crippen LogP contribution in [0.3, 0.4) is 0 Å². The summed E-state index contributed by atoms with van der Waals surface area (Å²) in [7, 11) is 5.48. The number of nitrogens with zero attached hydrogens (tertiary/aromatic N) is 4. The lowest BCUT2D eigenvalue weighted by Gasteiger charge is -2.44. The number of aromatic nitrogens is 1. The molecular weight excluding hydrogens is 428 g/mol. The standard InChI is InChI=1S/C27H36N4O3/c1-6-31-26(32)30-17-20-15-22(33-4)16-23(34-5)25(20)19(2)14-24(30)27(31)9-12-29(13-10-27)18-21-8-7-11-28(21)3/h7-8,11,14-16,19H,6,9-10,12-13,17-18H2,1-5H3. The van der Waals surface area contributed by atoms with Gasteiger partial charge in [0.15, 0.2) is 0 Å². The summed E-state index contributed by atoms with van der Waals surface area (Å²) in [5, 5.41) is 0. The molecule has 4 heterocycles. The number of aryl methyl sites for hydroxylation is 1. The van der Waals surface area contributed by atoms with Gasteiger partial charge < -0.3 is 18.9 Å². The van der Waals surface area contributed by atoms with Crippen molar-refractivity contribution in [3.8, 4) is 11.5 Å². The number of urea groups is 1. The number of likely N-dealkylation sites (N-methyl/N-ethyl adjacent to an activating group) is 1. The minimum atomic E-state index is -0.246. The molecule has 182 valence electrons. The highest BCUT2D eigenvalue weighted by Crippen LogP contribution is 2.49. The van der Waals surface area contributed by atoms with Crippen LogP contribution in [0, 0.1) is 0 Å². The average molecular weight is 465 g/mol. The number of hydrogen-bond donors (Lipinski definition) is 0. The van der Waals surface area contributed by atoms with E-state index in [0.29, 0.717) is 13.1 Å². The highest BCUT2D eigenvalue weighted by molar-refractivity contribution is 5.83. The first kappa shape index (κ1) is 22.8. The van der Waals surface area contributed by atoms with Gasteiger partial charge in [0.2, 0.25) is 0 Å². The Balaban J connectivity index is 1.48. The van der Waals surface area contributed by atoms with Crippen molar-refractivity contribution in [1.82, 2.24) is 19.3 Å². The van der Waals surface area contributed by atoms with E-state index in [1.165, 1.54) is 11.4 Å². The lowest BCUT2D eigenvalue weighted by molar-refractivity contribution is 0.0878. The van der Waals surface area contributed by atoms with Gasteiger partial charge in [-0.15, -0.1) is 0 Å². The zero-order valence-electron chi connectivity index (χ0n) is 21.0. The van der Waals surface area contributed by atoms with Crippen molar-refractivity contribution in [2.45, 2.75) is 51.2 Å². The largest absolute Gasteiger partial charge is 0.497 e. The topological polar surface area (TPSA) is 50.2 Å². The lowest BCUT2D eigenvalue weighted by Crippen LogP contribution is -2.53. The first-order valence-electron chi connectivity index (χ1n) is 12.3. The minimum Gasteiger partial charge on any atom is -0.497 e. The molecule has 2 fully saturated rings. The number of benzene rings is 1. The zero-order chi connectivity index (χ0) is 24.0. The van der Waals surface area contributed by atoms with Gasteiger partial charge in [0, 0.05) is 68.4 Å².